The first-order chi connectivity index (χ1) is 10.4. The van der Waals surface area contributed by atoms with Crippen molar-refractivity contribution in [3.63, 3.8) is 0 Å². The molecule has 0 aliphatic rings. The summed E-state index contributed by atoms with van der Waals surface area (Å²) in [4.78, 5) is 4.56. The molecule has 0 unspecified atom stereocenters. The van der Waals surface area contributed by atoms with E-state index in [9.17, 15) is 4.39 Å². The molecule has 0 spiro atoms. The van der Waals surface area contributed by atoms with Crippen LogP contribution in [-0.4, -0.2) is 17.5 Å². The van der Waals surface area contributed by atoms with Crippen LogP contribution in [0.1, 0.15) is 5.56 Å². The number of pyridine rings is 1. The summed E-state index contributed by atoms with van der Waals surface area (Å²) in [5, 5.41) is 0. The van der Waals surface area contributed by atoms with Gasteiger partial charge in [0.15, 0.2) is 0 Å². The molecular formula is C18H17FN2Si. The minimum atomic E-state index is -1.38. The molecule has 2 aromatic heterocycles. The molecule has 0 aliphatic heterocycles. The van der Waals surface area contributed by atoms with Crippen molar-refractivity contribution >= 4 is 13.7 Å². The van der Waals surface area contributed by atoms with Crippen LogP contribution in [0.3, 0.4) is 0 Å². The van der Waals surface area contributed by atoms with E-state index in [0.29, 0.717) is 0 Å². The predicted octanol–water partition coefficient (Wildman–Crippen LogP) is 4.37. The third kappa shape index (κ3) is 3.26. The third-order valence-electron chi connectivity index (χ3n) is 3.17. The van der Waals surface area contributed by atoms with Gasteiger partial charge in [-0.2, -0.15) is 0 Å². The Bertz CT molecular complexity index is 877. The van der Waals surface area contributed by atoms with Gasteiger partial charge in [-0.15, -0.1) is 5.54 Å². The van der Waals surface area contributed by atoms with E-state index in [1.54, 1.807) is 12.1 Å². The largest absolute Gasteiger partial charge is 0.305 e. The molecule has 2 nitrogen and oxygen atoms in total. The van der Waals surface area contributed by atoms with Gasteiger partial charge >= 0.3 is 0 Å². The number of hydrogen-bond donors (Lipinski definition) is 0. The van der Waals surface area contributed by atoms with Crippen LogP contribution < -0.4 is 0 Å². The van der Waals surface area contributed by atoms with Crippen LogP contribution in [0.15, 0.2) is 48.8 Å². The monoisotopic (exact) mass is 308 g/mol. The molecule has 0 saturated heterocycles. The van der Waals surface area contributed by atoms with Crippen LogP contribution in [0.25, 0.3) is 16.9 Å². The molecule has 2 heterocycles. The van der Waals surface area contributed by atoms with Gasteiger partial charge in [0.1, 0.15) is 19.5 Å². The van der Waals surface area contributed by atoms with Crippen LogP contribution in [0, 0.1) is 17.3 Å². The van der Waals surface area contributed by atoms with Crippen LogP contribution in [0.2, 0.25) is 19.6 Å². The first-order valence-electron chi connectivity index (χ1n) is 7.19. The van der Waals surface area contributed by atoms with Crippen molar-refractivity contribution in [2.24, 2.45) is 0 Å². The van der Waals surface area contributed by atoms with Gasteiger partial charge in [0.25, 0.3) is 0 Å². The van der Waals surface area contributed by atoms with Crippen molar-refractivity contribution in [1.82, 2.24) is 9.38 Å². The highest BCUT2D eigenvalue weighted by molar-refractivity contribution is 6.83. The zero-order chi connectivity index (χ0) is 15.7. The molecule has 0 amide bonds. The maximum atomic E-state index is 13.0. The van der Waals surface area contributed by atoms with Crippen LogP contribution in [-0.2, 0) is 0 Å². The molecule has 0 aliphatic carbocycles. The van der Waals surface area contributed by atoms with Crippen molar-refractivity contribution < 1.29 is 4.39 Å². The van der Waals surface area contributed by atoms with Crippen LogP contribution >= 0.6 is 0 Å². The summed E-state index contributed by atoms with van der Waals surface area (Å²) in [6.07, 6.45) is 3.94. The van der Waals surface area contributed by atoms with E-state index in [-0.39, 0.29) is 5.82 Å². The summed E-state index contributed by atoms with van der Waals surface area (Å²) in [7, 11) is -1.38. The topological polar surface area (TPSA) is 17.3 Å². The van der Waals surface area contributed by atoms with Gasteiger partial charge in [-0.1, -0.05) is 25.6 Å². The highest BCUT2D eigenvalue weighted by atomic mass is 28.3. The lowest BCUT2D eigenvalue weighted by atomic mass is 10.2. The van der Waals surface area contributed by atoms with E-state index in [1.165, 1.54) is 12.1 Å². The zero-order valence-corrected chi connectivity index (χ0v) is 13.9. The van der Waals surface area contributed by atoms with E-state index in [1.807, 2.05) is 28.9 Å². The fourth-order valence-electron chi connectivity index (χ4n) is 2.09. The van der Waals surface area contributed by atoms with Crippen molar-refractivity contribution in [1.29, 1.82) is 0 Å². The van der Waals surface area contributed by atoms with Gasteiger partial charge < -0.3 is 4.40 Å². The lowest BCUT2D eigenvalue weighted by molar-refractivity contribution is 0.628. The molecule has 4 heteroatoms. The number of imidazole rings is 1. The molecule has 3 rings (SSSR count). The summed E-state index contributed by atoms with van der Waals surface area (Å²) in [6.45, 7) is 6.67. The Morgan fingerprint density at radius 3 is 2.41 bits per heavy atom. The van der Waals surface area contributed by atoms with Gasteiger partial charge in [-0.3, -0.25) is 0 Å². The fourth-order valence-corrected chi connectivity index (χ4v) is 2.60. The average Bonchev–Trinajstić information content (AvgIpc) is 2.88. The number of hydrogen-bond acceptors (Lipinski definition) is 1. The molecule has 1 aromatic carbocycles. The van der Waals surface area contributed by atoms with E-state index >= 15 is 0 Å². The molecule has 0 atom stereocenters. The quantitative estimate of drug-likeness (QED) is 0.482. The smallest absolute Gasteiger partial charge is 0.137 e. The molecule has 0 radical (unpaired) electrons. The van der Waals surface area contributed by atoms with Gasteiger partial charge in [0.2, 0.25) is 0 Å². The molecule has 110 valence electrons. The van der Waals surface area contributed by atoms with Gasteiger partial charge in [0.05, 0.1) is 5.69 Å². The second-order valence-corrected chi connectivity index (χ2v) is 11.1. The normalized spacial score (nSPS) is 11.3. The highest BCUT2D eigenvalue weighted by Crippen LogP contribution is 2.19. The van der Waals surface area contributed by atoms with Gasteiger partial charge in [-0.25, -0.2) is 9.37 Å². The molecule has 0 saturated carbocycles. The third-order valence-corrected chi connectivity index (χ3v) is 4.05. The number of fused-ring (bicyclic) bond motifs is 1. The van der Waals surface area contributed by atoms with Gasteiger partial charge in [-0.05, 0) is 36.4 Å². The van der Waals surface area contributed by atoms with Crippen molar-refractivity contribution in [3.05, 3.63) is 60.2 Å². The Labute approximate surface area is 130 Å². The number of benzene rings is 1. The first-order valence-corrected chi connectivity index (χ1v) is 10.7. The average molecular weight is 308 g/mol. The minimum absolute atomic E-state index is 0.239. The van der Waals surface area contributed by atoms with E-state index in [0.717, 1.165) is 22.5 Å². The number of nitrogens with zero attached hydrogens (tertiary/aromatic N) is 2. The van der Waals surface area contributed by atoms with Crippen molar-refractivity contribution in [2.45, 2.75) is 19.6 Å². The Balaban J connectivity index is 1.99. The number of halogens is 1. The summed E-state index contributed by atoms with van der Waals surface area (Å²) in [6, 6.07) is 10.3. The second kappa shape index (κ2) is 5.43. The van der Waals surface area contributed by atoms with Crippen molar-refractivity contribution in [2.75, 3.05) is 0 Å². The predicted molar refractivity (Wildman–Crippen MR) is 90.8 cm³/mol. The Morgan fingerprint density at radius 1 is 1.00 bits per heavy atom. The second-order valence-electron chi connectivity index (χ2n) is 6.32. The standard InChI is InChI=1S/C18H17FN2Si/c1-22(2,3)11-10-14-4-9-18-20-17(13-21(18)12-14)15-5-7-16(19)8-6-15/h4-9,12-13H,1-3H3. The molecule has 22 heavy (non-hydrogen) atoms. The van der Waals surface area contributed by atoms with E-state index in [4.69, 9.17) is 0 Å². The van der Waals surface area contributed by atoms with Crippen LogP contribution in [0.4, 0.5) is 4.39 Å². The summed E-state index contributed by atoms with van der Waals surface area (Å²) < 4.78 is 15.0. The SMILES string of the molecule is C[Si](C)(C)C#Cc1ccc2nc(-c3ccc(F)cc3)cn2c1. The van der Waals surface area contributed by atoms with E-state index in [2.05, 4.69) is 36.1 Å². The molecule has 3 aromatic rings. The number of rotatable bonds is 1. The Morgan fingerprint density at radius 2 is 1.73 bits per heavy atom. The zero-order valence-electron chi connectivity index (χ0n) is 12.9. The van der Waals surface area contributed by atoms with E-state index < -0.39 is 8.07 Å². The lowest BCUT2D eigenvalue weighted by Gasteiger charge is -2.03. The molecule has 0 N–H and O–H groups in total. The maximum absolute atomic E-state index is 13.0. The Kier molecular flexibility index (Phi) is 3.59. The summed E-state index contributed by atoms with van der Waals surface area (Å²) in [5.74, 6) is 3.01. The van der Waals surface area contributed by atoms with Crippen molar-refractivity contribution in [3.8, 4) is 22.7 Å². The fraction of sp³-hybridized carbons (Fsp3) is 0.167. The molecule has 0 fully saturated rings. The lowest BCUT2D eigenvalue weighted by Crippen LogP contribution is -2.16. The highest BCUT2D eigenvalue weighted by Gasteiger charge is 2.08. The van der Waals surface area contributed by atoms with Crippen LogP contribution in [0.5, 0.6) is 0 Å². The van der Waals surface area contributed by atoms with Gasteiger partial charge in [0, 0.05) is 23.5 Å². The summed E-state index contributed by atoms with van der Waals surface area (Å²) >= 11 is 0. The molecular weight excluding hydrogens is 291 g/mol. The first kappa shape index (κ1) is 14.5. The molecule has 0 bridgehead atoms. The minimum Gasteiger partial charge on any atom is -0.305 e. The number of aromatic nitrogens is 2. The Hall–Kier alpha value is -2.38. The maximum Gasteiger partial charge on any atom is 0.137 e. The summed E-state index contributed by atoms with van der Waals surface area (Å²) in [5.41, 5.74) is 6.94.